The normalized spacial score (nSPS) is 35.9. The highest BCUT2D eigenvalue weighted by Gasteiger charge is 2.34. The molecule has 2 unspecified atom stereocenters. The number of nitrogens with one attached hydrogen (secondary N) is 1. The minimum absolute atomic E-state index is 0.237. The SMILES string of the molecule is CC(=O)N1CC2CCC1CN2. The Kier molecular flexibility index (Phi) is 1.60. The zero-order valence-electron chi connectivity index (χ0n) is 6.84. The molecule has 3 nitrogen and oxygen atoms in total. The number of piperazine rings is 1. The molecule has 0 spiro atoms. The summed E-state index contributed by atoms with van der Waals surface area (Å²) in [6.07, 6.45) is 2.44. The summed E-state index contributed by atoms with van der Waals surface area (Å²) in [4.78, 5) is 13.1. The fraction of sp³-hybridized carbons (Fsp3) is 0.875. The van der Waals surface area contributed by atoms with Crippen LogP contribution in [0.2, 0.25) is 0 Å². The lowest BCUT2D eigenvalue weighted by Crippen LogP contribution is -2.62. The van der Waals surface area contributed by atoms with Gasteiger partial charge in [0.2, 0.25) is 5.91 Å². The molecule has 3 heterocycles. The summed E-state index contributed by atoms with van der Waals surface area (Å²) in [7, 11) is 0. The maximum absolute atomic E-state index is 11.1. The van der Waals surface area contributed by atoms with Gasteiger partial charge in [-0.2, -0.15) is 0 Å². The molecule has 0 saturated carbocycles. The number of amides is 1. The highest BCUT2D eigenvalue weighted by molar-refractivity contribution is 5.74. The lowest BCUT2D eigenvalue weighted by atomic mass is 9.93. The van der Waals surface area contributed by atoms with E-state index in [9.17, 15) is 4.79 Å². The zero-order valence-corrected chi connectivity index (χ0v) is 6.84. The molecule has 3 saturated heterocycles. The van der Waals surface area contributed by atoms with Crippen LogP contribution in [0.5, 0.6) is 0 Å². The third-order valence-corrected chi connectivity index (χ3v) is 2.75. The van der Waals surface area contributed by atoms with Gasteiger partial charge in [-0.15, -0.1) is 0 Å². The molecule has 1 amide bonds. The van der Waals surface area contributed by atoms with Crippen molar-refractivity contribution in [2.45, 2.75) is 31.8 Å². The fourth-order valence-corrected chi connectivity index (χ4v) is 2.09. The van der Waals surface area contributed by atoms with Crippen LogP contribution in [-0.4, -0.2) is 36.0 Å². The lowest BCUT2D eigenvalue weighted by Gasteiger charge is -2.45. The fourth-order valence-electron chi connectivity index (χ4n) is 2.09. The van der Waals surface area contributed by atoms with Crippen LogP contribution in [0.25, 0.3) is 0 Å². The predicted molar refractivity (Wildman–Crippen MR) is 42.2 cm³/mol. The van der Waals surface area contributed by atoms with Crippen molar-refractivity contribution in [3.05, 3.63) is 0 Å². The van der Waals surface area contributed by atoms with Gasteiger partial charge in [0.1, 0.15) is 0 Å². The Labute approximate surface area is 66.8 Å². The molecule has 3 fully saturated rings. The van der Waals surface area contributed by atoms with E-state index < -0.39 is 0 Å². The third kappa shape index (κ3) is 1.13. The molecule has 0 aromatic carbocycles. The van der Waals surface area contributed by atoms with E-state index in [-0.39, 0.29) is 5.91 Å². The summed E-state index contributed by atoms with van der Waals surface area (Å²) in [6.45, 7) is 3.60. The maximum atomic E-state index is 11.1. The summed E-state index contributed by atoms with van der Waals surface area (Å²) >= 11 is 0. The largest absolute Gasteiger partial charge is 0.337 e. The molecule has 11 heavy (non-hydrogen) atoms. The van der Waals surface area contributed by atoms with E-state index in [0.717, 1.165) is 13.1 Å². The Morgan fingerprint density at radius 3 is 2.64 bits per heavy atom. The van der Waals surface area contributed by atoms with Gasteiger partial charge < -0.3 is 10.2 Å². The van der Waals surface area contributed by atoms with Crippen LogP contribution in [-0.2, 0) is 4.79 Å². The van der Waals surface area contributed by atoms with Gasteiger partial charge in [0, 0.05) is 32.1 Å². The second kappa shape index (κ2) is 2.48. The van der Waals surface area contributed by atoms with Crippen LogP contribution in [0, 0.1) is 0 Å². The molecule has 3 aliphatic rings. The van der Waals surface area contributed by atoms with E-state index in [1.54, 1.807) is 6.92 Å². The van der Waals surface area contributed by atoms with Gasteiger partial charge in [-0.1, -0.05) is 0 Å². The Balaban J connectivity index is 2.08. The summed E-state index contributed by atoms with van der Waals surface area (Å²) in [5.41, 5.74) is 0. The van der Waals surface area contributed by atoms with Crippen molar-refractivity contribution in [3.8, 4) is 0 Å². The zero-order chi connectivity index (χ0) is 7.84. The molecular formula is C8H14N2O. The first-order valence-electron chi connectivity index (χ1n) is 4.28. The van der Waals surface area contributed by atoms with E-state index in [1.165, 1.54) is 12.8 Å². The van der Waals surface area contributed by atoms with Gasteiger partial charge in [-0.3, -0.25) is 4.79 Å². The topological polar surface area (TPSA) is 32.3 Å². The summed E-state index contributed by atoms with van der Waals surface area (Å²) in [6, 6.07) is 1.06. The van der Waals surface area contributed by atoms with Crippen LogP contribution < -0.4 is 5.32 Å². The first-order chi connectivity index (χ1) is 5.27. The number of hydrogen-bond acceptors (Lipinski definition) is 2. The van der Waals surface area contributed by atoms with Crippen LogP contribution >= 0.6 is 0 Å². The Hall–Kier alpha value is -0.570. The van der Waals surface area contributed by atoms with Gasteiger partial charge in [0.05, 0.1) is 0 Å². The average molecular weight is 154 g/mol. The van der Waals surface area contributed by atoms with Crippen molar-refractivity contribution in [1.29, 1.82) is 0 Å². The minimum Gasteiger partial charge on any atom is -0.337 e. The number of carbonyl (C=O) groups excluding carboxylic acids is 1. The molecule has 1 N–H and O–H groups in total. The second-order valence-electron chi connectivity index (χ2n) is 3.51. The van der Waals surface area contributed by atoms with Crippen molar-refractivity contribution >= 4 is 5.91 Å². The number of fused-ring (bicyclic) bond motifs is 3. The Morgan fingerprint density at radius 1 is 1.55 bits per heavy atom. The summed E-state index contributed by atoms with van der Waals surface area (Å²) in [5, 5.41) is 3.41. The van der Waals surface area contributed by atoms with Gasteiger partial charge in [-0.25, -0.2) is 0 Å². The highest BCUT2D eigenvalue weighted by atomic mass is 16.2. The van der Waals surface area contributed by atoms with Crippen molar-refractivity contribution in [2.24, 2.45) is 0 Å². The van der Waals surface area contributed by atoms with Crippen LogP contribution in [0.1, 0.15) is 19.8 Å². The molecule has 62 valence electrons. The van der Waals surface area contributed by atoms with Crippen molar-refractivity contribution in [1.82, 2.24) is 10.2 Å². The van der Waals surface area contributed by atoms with Crippen molar-refractivity contribution < 1.29 is 4.79 Å². The van der Waals surface area contributed by atoms with Crippen LogP contribution in [0.15, 0.2) is 0 Å². The first-order valence-corrected chi connectivity index (χ1v) is 4.28. The maximum Gasteiger partial charge on any atom is 0.219 e. The monoisotopic (exact) mass is 154 g/mol. The van der Waals surface area contributed by atoms with E-state index >= 15 is 0 Å². The molecule has 3 heteroatoms. The molecule has 2 bridgehead atoms. The average Bonchev–Trinajstić information content (AvgIpc) is 2.06. The molecule has 3 aliphatic heterocycles. The Bertz CT molecular complexity index is 173. The van der Waals surface area contributed by atoms with Crippen molar-refractivity contribution in [2.75, 3.05) is 13.1 Å². The second-order valence-corrected chi connectivity index (χ2v) is 3.51. The number of piperidine rings is 2. The summed E-state index contributed by atoms with van der Waals surface area (Å²) in [5.74, 6) is 0.237. The van der Waals surface area contributed by atoms with Crippen LogP contribution in [0.4, 0.5) is 0 Å². The number of rotatable bonds is 0. The van der Waals surface area contributed by atoms with E-state index in [0.29, 0.717) is 12.1 Å². The Morgan fingerprint density at radius 2 is 2.36 bits per heavy atom. The smallest absolute Gasteiger partial charge is 0.219 e. The molecule has 2 atom stereocenters. The third-order valence-electron chi connectivity index (χ3n) is 2.75. The highest BCUT2D eigenvalue weighted by Crippen LogP contribution is 2.21. The number of nitrogens with zero attached hydrogens (tertiary/aromatic N) is 1. The van der Waals surface area contributed by atoms with E-state index in [1.807, 2.05) is 4.90 Å². The molecule has 0 aliphatic carbocycles. The predicted octanol–water partition coefficient (Wildman–Crippen LogP) is -0.0309. The molecule has 3 rings (SSSR count). The minimum atomic E-state index is 0.237. The lowest BCUT2D eigenvalue weighted by molar-refractivity contribution is -0.134. The van der Waals surface area contributed by atoms with Gasteiger partial charge in [0.25, 0.3) is 0 Å². The van der Waals surface area contributed by atoms with E-state index in [2.05, 4.69) is 5.32 Å². The number of carbonyl (C=O) groups is 1. The number of hydrogen-bond donors (Lipinski definition) is 1. The van der Waals surface area contributed by atoms with Crippen molar-refractivity contribution in [3.63, 3.8) is 0 Å². The summed E-state index contributed by atoms with van der Waals surface area (Å²) < 4.78 is 0. The van der Waals surface area contributed by atoms with Crippen LogP contribution in [0.3, 0.4) is 0 Å². The van der Waals surface area contributed by atoms with Gasteiger partial charge in [-0.05, 0) is 12.8 Å². The first kappa shape index (κ1) is 7.10. The van der Waals surface area contributed by atoms with Gasteiger partial charge >= 0.3 is 0 Å². The van der Waals surface area contributed by atoms with E-state index in [4.69, 9.17) is 0 Å². The quantitative estimate of drug-likeness (QED) is 0.531. The molecular weight excluding hydrogens is 140 g/mol. The van der Waals surface area contributed by atoms with Gasteiger partial charge in [0.15, 0.2) is 0 Å². The molecule has 0 radical (unpaired) electrons. The molecule has 0 aromatic rings. The standard InChI is InChI=1S/C8H14N2O/c1-6(11)10-5-7-2-3-8(10)4-9-7/h7-9H,2-5H2,1H3. The molecule has 0 aromatic heterocycles.